The molecule has 7 nitrogen and oxygen atoms in total. The van der Waals surface area contributed by atoms with Gasteiger partial charge in [-0.25, -0.2) is 0 Å². The zero-order valence-corrected chi connectivity index (χ0v) is 15.9. The van der Waals surface area contributed by atoms with Gasteiger partial charge < -0.3 is 15.0 Å². The molecule has 0 aliphatic carbocycles. The van der Waals surface area contributed by atoms with Crippen molar-refractivity contribution < 1.29 is 23.9 Å². The fourth-order valence-electron chi connectivity index (χ4n) is 3.06. The van der Waals surface area contributed by atoms with Crippen LogP contribution in [0.1, 0.15) is 28.8 Å². The van der Waals surface area contributed by atoms with Crippen molar-refractivity contribution in [3.63, 3.8) is 0 Å². The number of Topliss-reactive ketones (excluding diaryl/α,β-unsaturated/α-hetero) is 1. The first kappa shape index (κ1) is 20.3. The fourth-order valence-corrected chi connectivity index (χ4v) is 3.06. The molecule has 2 aromatic rings. The van der Waals surface area contributed by atoms with Crippen molar-refractivity contribution in [3.05, 3.63) is 65.7 Å². The first-order valence-electron chi connectivity index (χ1n) is 9.43. The third kappa shape index (κ3) is 5.75. The number of hydrogen-bond donors (Lipinski definition) is 1. The van der Waals surface area contributed by atoms with Crippen molar-refractivity contribution in [2.45, 2.75) is 19.3 Å². The van der Waals surface area contributed by atoms with E-state index >= 15 is 0 Å². The lowest BCUT2D eigenvalue weighted by Gasteiger charge is -2.16. The molecule has 0 radical (unpaired) electrons. The van der Waals surface area contributed by atoms with E-state index in [1.54, 1.807) is 29.2 Å². The summed E-state index contributed by atoms with van der Waals surface area (Å²) in [5.74, 6) is -1.33. The highest BCUT2D eigenvalue weighted by molar-refractivity contribution is 6.01. The van der Waals surface area contributed by atoms with Gasteiger partial charge in [0.05, 0.1) is 6.42 Å². The Morgan fingerprint density at radius 2 is 1.83 bits per heavy atom. The maximum atomic E-state index is 12.3. The molecule has 1 aliphatic heterocycles. The second kappa shape index (κ2) is 9.64. The van der Waals surface area contributed by atoms with Crippen LogP contribution in [-0.2, 0) is 25.5 Å². The number of ketones is 1. The third-order valence-electron chi connectivity index (χ3n) is 4.55. The number of carbonyl (C=O) groups is 4. The summed E-state index contributed by atoms with van der Waals surface area (Å²) in [6.45, 7) is -0.0970. The molecule has 0 bridgehead atoms. The zero-order valence-electron chi connectivity index (χ0n) is 15.9. The molecule has 0 unspecified atom stereocenters. The Bertz CT molecular complexity index is 910. The summed E-state index contributed by atoms with van der Waals surface area (Å²) in [6, 6.07) is 15.9. The van der Waals surface area contributed by atoms with E-state index < -0.39 is 12.6 Å². The molecule has 1 N–H and O–H groups in total. The van der Waals surface area contributed by atoms with Gasteiger partial charge in [0.2, 0.25) is 11.8 Å². The van der Waals surface area contributed by atoms with E-state index in [9.17, 15) is 19.2 Å². The van der Waals surface area contributed by atoms with Gasteiger partial charge in [-0.05, 0) is 24.1 Å². The second-order valence-electron chi connectivity index (χ2n) is 6.72. The molecule has 1 heterocycles. The summed E-state index contributed by atoms with van der Waals surface area (Å²) in [6.07, 6.45) is 1.46. The van der Waals surface area contributed by atoms with Crippen LogP contribution in [-0.4, -0.2) is 43.3 Å². The van der Waals surface area contributed by atoms with E-state index in [4.69, 9.17) is 4.74 Å². The van der Waals surface area contributed by atoms with Crippen molar-refractivity contribution in [3.8, 4) is 0 Å². The van der Waals surface area contributed by atoms with Crippen LogP contribution in [0.25, 0.3) is 0 Å². The number of amides is 2. The minimum Gasteiger partial charge on any atom is -0.456 e. The van der Waals surface area contributed by atoms with E-state index in [0.717, 1.165) is 12.0 Å². The maximum Gasteiger partial charge on any atom is 0.325 e. The van der Waals surface area contributed by atoms with Gasteiger partial charge in [0.1, 0.15) is 6.54 Å². The highest BCUT2D eigenvalue weighted by Gasteiger charge is 2.22. The Kier molecular flexibility index (Phi) is 6.73. The number of carbonyl (C=O) groups excluding carboxylic acids is 4. The van der Waals surface area contributed by atoms with Gasteiger partial charge in [0.15, 0.2) is 12.4 Å². The predicted octanol–water partition coefficient (Wildman–Crippen LogP) is 1.90. The Hall–Kier alpha value is -3.48. The molecule has 0 aromatic heterocycles. The molecule has 1 saturated heterocycles. The monoisotopic (exact) mass is 394 g/mol. The van der Waals surface area contributed by atoms with E-state index in [2.05, 4.69) is 5.32 Å². The van der Waals surface area contributed by atoms with Crippen LogP contribution in [0.3, 0.4) is 0 Å². The first-order chi connectivity index (χ1) is 14.0. The zero-order chi connectivity index (χ0) is 20.6. The average Bonchev–Trinajstić information content (AvgIpc) is 3.17. The van der Waals surface area contributed by atoms with Crippen molar-refractivity contribution in [2.75, 3.05) is 24.6 Å². The minimum absolute atomic E-state index is 0.0345. The topological polar surface area (TPSA) is 92.8 Å². The minimum atomic E-state index is -0.689. The van der Waals surface area contributed by atoms with Gasteiger partial charge in [-0.15, -0.1) is 0 Å². The lowest BCUT2D eigenvalue weighted by Crippen LogP contribution is -2.32. The van der Waals surface area contributed by atoms with E-state index in [-0.39, 0.29) is 30.6 Å². The van der Waals surface area contributed by atoms with E-state index in [1.165, 1.54) is 0 Å². The molecular formula is C22H22N2O5. The van der Waals surface area contributed by atoms with Crippen LogP contribution in [0.5, 0.6) is 0 Å². The van der Waals surface area contributed by atoms with Crippen LogP contribution in [0, 0.1) is 0 Å². The van der Waals surface area contributed by atoms with Crippen LogP contribution in [0.15, 0.2) is 54.6 Å². The summed E-state index contributed by atoms with van der Waals surface area (Å²) < 4.78 is 4.96. The maximum absolute atomic E-state index is 12.3. The first-order valence-corrected chi connectivity index (χ1v) is 9.43. The number of anilines is 1. The Morgan fingerprint density at radius 1 is 1.03 bits per heavy atom. The lowest BCUT2D eigenvalue weighted by molar-refractivity contribution is -0.142. The van der Waals surface area contributed by atoms with Gasteiger partial charge in [0.25, 0.3) is 0 Å². The van der Waals surface area contributed by atoms with Gasteiger partial charge in [-0.1, -0.05) is 42.5 Å². The molecule has 3 rings (SSSR count). The summed E-state index contributed by atoms with van der Waals surface area (Å²) in [5, 5.41) is 2.48. The number of benzene rings is 2. The SMILES string of the molecule is O=C(Cc1ccccc1)NCC(=O)OCC(=O)c1cccc(N2CCCC2=O)c1. The van der Waals surface area contributed by atoms with Crippen molar-refractivity contribution in [1.29, 1.82) is 0 Å². The van der Waals surface area contributed by atoms with Gasteiger partial charge >= 0.3 is 5.97 Å². The molecular weight excluding hydrogens is 372 g/mol. The predicted molar refractivity (Wildman–Crippen MR) is 106 cm³/mol. The number of esters is 1. The molecule has 2 amide bonds. The average molecular weight is 394 g/mol. The number of hydrogen-bond acceptors (Lipinski definition) is 5. The highest BCUT2D eigenvalue weighted by atomic mass is 16.5. The van der Waals surface area contributed by atoms with Crippen LogP contribution in [0.2, 0.25) is 0 Å². The van der Waals surface area contributed by atoms with Gasteiger partial charge in [0, 0.05) is 24.2 Å². The molecule has 29 heavy (non-hydrogen) atoms. The fraction of sp³-hybridized carbons (Fsp3) is 0.273. The molecule has 0 saturated carbocycles. The van der Waals surface area contributed by atoms with E-state index in [0.29, 0.717) is 24.2 Å². The highest BCUT2D eigenvalue weighted by Crippen LogP contribution is 2.22. The number of ether oxygens (including phenoxy) is 1. The smallest absolute Gasteiger partial charge is 0.325 e. The van der Waals surface area contributed by atoms with Gasteiger partial charge in [-0.3, -0.25) is 19.2 Å². The molecule has 7 heteroatoms. The largest absolute Gasteiger partial charge is 0.456 e. The Labute approximate surface area is 168 Å². The second-order valence-corrected chi connectivity index (χ2v) is 6.72. The van der Waals surface area contributed by atoms with Crippen LogP contribution < -0.4 is 10.2 Å². The Balaban J connectivity index is 1.44. The van der Waals surface area contributed by atoms with Gasteiger partial charge in [-0.2, -0.15) is 0 Å². The molecule has 0 spiro atoms. The third-order valence-corrected chi connectivity index (χ3v) is 4.55. The quantitative estimate of drug-likeness (QED) is 0.545. The number of nitrogens with one attached hydrogen (secondary N) is 1. The number of rotatable bonds is 8. The normalized spacial score (nSPS) is 13.2. The van der Waals surface area contributed by atoms with Crippen LogP contribution >= 0.6 is 0 Å². The lowest BCUT2D eigenvalue weighted by atomic mass is 10.1. The summed E-state index contributed by atoms with van der Waals surface area (Å²) >= 11 is 0. The van der Waals surface area contributed by atoms with Crippen molar-refractivity contribution in [2.24, 2.45) is 0 Å². The number of nitrogens with zero attached hydrogens (tertiary/aromatic N) is 1. The molecule has 1 aliphatic rings. The van der Waals surface area contributed by atoms with E-state index in [1.807, 2.05) is 30.3 Å². The summed E-state index contributed by atoms with van der Waals surface area (Å²) in [5.41, 5.74) is 1.87. The van der Waals surface area contributed by atoms with Crippen molar-refractivity contribution >= 4 is 29.3 Å². The molecule has 1 fully saturated rings. The summed E-state index contributed by atoms with van der Waals surface area (Å²) in [7, 11) is 0. The molecule has 2 aromatic carbocycles. The Morgan fingerprint density at radius 3 is 2.55 bits per heavy atom. The summed E-state index contributed by atoms with van der Waals surface area (Å²) in [4.78, 5) is 49.5. The standard InChI is InChI=1S/C22H22N2O5/c25-19(17-8-4-9-18(13-17)24-11-5-10-21(24)27)15-29-22(28)14-23-20(26)12-16-6-2-1-3-7-16/h1-4,6-9,13H,5,10-12,14-15H2,(H,23,26). The van der Waals surface area contributed by atoms with Crippen LogP contribution in [0.4, 0.5) is 5.69 Å². The molecule has 0 atom stereocenters. The van der Waals surface area contributed by atoms with Crippen molar-refractivity contribution in [1.82, 2.24) is 5.32 Å². The molecule has 150 valence electrons.